The summed E-state index contributed by atoms with van der Waals surface area (Å²) in [5.74, 6) is 0.939. The Morgan fingerprint density at radius 1 is 1.30 bits per heavy atom. The van der Waals surface area contributed by atoms with Crippen LogP contribution in [0.2, 0.25) is 0 Å². The minimum absolute atomic E-state index is 0.342. The zero-order chi connectivity index (χ0) is 13.9. The third-order valence-electron chi connectivity index (χ3n) is 3.45. The van der Waals surface area contributed by atoms with Gasteiger partial charge in [-0.25, -0.2) is 4.98 Å². The summed E-state index contributed by atoms with van der Waals surface area (Å²) in [6.07, 6.45) is 5.27. The summed E-state index contributed by atoms with van der Waals surface area (Å²) in [7, 11) is 0. The SMILES string of the molecule is CCCN1CC(Oc2ccc(-n3cnc(Br)c3)cc2)C1. The molecule has 0 bridgehead atoms. The van der Waals surface area contributed by atoms with Gasteiger partial charge in [0.2, 0.25) is 0 Å². The first-order valence-corrected chi connectivity index (χ1v) is 7.73. The van der Waals surface area contributed by atoms with Crippen LogP contribution < -0.4 is 4.74 Å². The van der Waals surface area contributed by atoms with Gasteiger partial charge in [-0.2, -0.15) is 0 Å². The Morgan fingerprint density at radius 3 is 2.65 bits per heavy atom. The van der Waals surface area contributed by atoms with Crippen molar-refractivity contribution in [2.75, 3.05) is 19.6 Å². The molecule has 1 fully saturated rings. The van der Waals surface area contributed by atoms with Crippen LogP contribution in [0.3, 0.4) is 0 Å². The average Bonchev–Trinajstić information content (AvgIpc) is 2.84. The van der Waals surface area contributed by atoms with E-state index < -0.39 is 0 Å². The van der Waals surface area contributed by atoms with Crippen LogP contribution in [0.5, 0.6) is 5.75 Å². The second kappa shape index (κ2) is 5.97. The number of benzene rings is 1. The van der Waals surface area contributed by atoms with Crippen LogP contribution in [0.4, 0.5) is 0 Å². The van der Waals surface area contributed by atoms with Gasteiger partial charge in [-0.15, -0.1) is 0 Å². The Labute approximate surface area is 127 Å². The molecule has 1 aliphatic rings. The molecule has 5 heteroatoms. The zero-order valence-corrected chi connectivity index (χ0v) is 13.1. The Kier molecular flexibility index (Phi) is 4.08. The average molecular weight is 336 g/mol. The van der Waals surface area contributed by atoms with E-state index in [1.807, 2.05) is 35.0 Å². The van der Waals surface area contributed by atoms with Gasteiger partial charge in [-0.05, 0) is 53.2 Å². The summed E-state index contributed by atoms with van der Waals surface area (Å²) >= 11 is 3.35. The third kappa shape index (κ3) is 3.04. The van der Waals surface area contributed by atoms with E-state index in [1.54, 1.807) is 6.33 Å². The molecule has 0 saturated carbocycles. The number of imidazole rings is 1. The normalized spacial score (nSPS) is 16.1. The summed E-state index contributed by atoms with van der Waals surface area (Å²) in [4.78, 5) is 6.57. The number of nitrogens with zero attached hydrogens (tertiary/aromatic N) is 3. The first kappa shape index (κ1) is 13.6. The smallest absolute Gasteiger partial charge is 0.124 e. The van der Waals surface area contributed by atoms with Crippen LogP contribution in [0.15, 0.2) is 41.4 Å². The van der Waals surface area contributed by atoms with Crippen LogP contribution in [-0.4, -0.2) is 40.2 Å². The quantitative estimate of drug-likeness (QED) is 0.841. The molecule has 0 amide bonds. The molecule has 0 N–H and O–H groups in total. The fourth-order valence-corrected chi connectivity index (χ4v) is 2.74. The maximum atomic E-state index is 5.95. The molecule has 0 atom stereocenters. The molecule has 2 heterocycles. The minimum Gasteiger partial charge on any atom is -0.488 e. The lowest BCUT2D eigenvalue weighted by molar-refractivity contribution is 0.0203. The van der Waals surface area contributed by atoms with Crippen LogP contribution in [0.25, 0.3) is 5.69 Å². The van der Waals surface area contributed by atoms with Crippen molar-refractivity contribution < 1.29 is 4.74 Å². The number of ether oxygens (including phenoxy) is 1. The van der Waals surface area contributed by atoms with Gasteiger partial charge in [0.1, 0.15) is 22.8 Å². The highest BCUT2D eigenvalue weighted by molar-refractivity contribution is 9.10. The van der Waals surface area contributed by atoms with Crippen LogP contribution in [0, 0.1) is 0 Å². The lowest BCUT2D eigenvalue weighted by Crippen LogP contribution is -2.53. The summed E-state index contributed by atoms with van der Waals surface area (Å²) < 4.78 is 8.76. The van der Waals surface area contributed by atoms with Crippen LogP contribution in [-0.2, 0) is 0 Å². The third-order valence-corrected chi connectivity index (χ3v) is 3.86. The minimum atomic E-state index is 0.342. The maximum Gasteiger partial charge on any atom is 0.124 e. The van der Waals surface area contributed by atoms with Crippen molar-refractivity contribution in [2.45, 2.75) is 19.4 Å². The highest BCUT2D eigenvalue weighted by atomic mass is 79.9. The highest BCUT2D eigenvalue weighted by Gasteiger charge is 2.27. The second-order valence-electron chi connectivity index (χ2n) is 5.10. The molecule has 1 aliphatic heterocycles. The van der Waals surface area contributed by atoms with Crippen molar-refractivity contribution in [3.8, 4) is 11.4 Å². The van der Waals surface area contributed by atoms with E-state index in [0.29, 0.717) is 6.10 Å². The van der Waals surface area contributed by atoms with Gasteiger partial charge in [0, 0.05) is 25.0 Å². The zero-order valence-electron chi connectivity index (χ0n) is 11.5. The van der Waals surface area contributed by atoms with E-state index >= 15 is 0 Å². The molecule has 0 unspecified atom stereocenters. The van der Waals surface area contributed by atoms with Gasteiger partial charge in [-0.3, -0.25) is 4.90 Å². The van der Waals surface area contributed by atoms with Crippen molar-refractivity contribution >= 4 is 15.9 Å². The monoisotopic (exact) mass is 335 g/mol. The Bertz CT molecular complexity index is 561. The van der Waals surface area contributed by atoms with Gasteiger partial charge >= 0.3 is 0 Å². The van der Waals surface area contributed by atoms with Gasteiger partial charge in [0.15, 0.2) is 0 Å². The molecule has 1 aromatic heterocycles. The summed E-state index contributed by atoms with van der Waals surface area (Å²) in [6, 6.07) is 8.13. The molecule has 0 aliphatic carbocycles. The Hall–Kier alpha value is -1.33. The molecule has 0 spiro atoms. The first-order chi connectivity index (χ1) is 9.74. The molecule has 2 aromatic rings. The number of halogens is 1. The Morgan fingerprint density at radius 2 is 2.05 bits per heavy atom. The van der Waals surface area contributed by atoms with Crippen molar-refractivity contribution in [3.05, 3.63) is 41.4 Å². The van der Waals surface area contributed by atoms with Crippen molar-refractivity contribution in [3.63, 3.8) is 0 Å². The maximum absolute atomic E-state index is 5.95. The van der Waals surface area contributed by atoms with Gasteiger partial charge in [0.05, 0.1) is 0 Å². The molecule has 1 aromatic carbocycles. The molecule has 1 saturated heterocycles. The predicted molar refractivity (Wildman–Crippen MR) is 82.4 cm³/mol. The lowest BCUT2D eigenvalue weighted by atomic mass is 10.1. The molecular weight excluding hydrogens is 318 g/mol. The molecule has 0 radical (unpaired) electrons. The van der Waals surface area contributed by atoms with E-state index in [1.165, 1.54) is 13.0 Å². The van der Waals surface area contributed by atoms with E-state index in [9.17, 15) is 0 Å². The summed E-state index contributed by atoms with van der Waals surface area (Å²) in [6.45, 7) is 5.48. The largest absolute Gasteiger partial charge is 0.488 e. The van der Waals surface area contributed by atoms with Crippen molar-refractivity contribution in [2.24, 2.45) is 0 Å². The fraction of sp³-hybridized carbons (Fsp3) is 0.400. The molecular formula is C15H18BrN3O. The topological polar surface area (TPSA) is 30.3 Å². The lowest BCUT2D eigenvalue weighted by Gasteiger charge is -2.38. The standard InChI is InChI=1S/C15H18BrN3O/c1-2-7-18-8-14(9-18)20-13-5-3-12(4-6-13)19-10-15(16)17-11-19/h3-6,10-11,14H,2,7-9H2,1H3. The van der Waals surface area contributed by atoms with E-state index in [2.05, 4.69) is 32.7 Å². The van der Waals surface area contributed by atoms with E-state index in [0.717, 1.165) is 29.1 Å². The predicted octanol–water partition coefficient (Wildman–Crippen LogP) is 3.11. The van der Waals surface area contributed by atoms with Crippen LogP contribution in [0.1, 0.15) is 13.3 Å². The fourth-order valence-electron chi connectivity index (χ4n) is 2.43. The summed E-state index contributed by atoms with van der Waals surface area (Å²) in [5.41, 5.74) is 1.08. The molecule has 3 rings (SSSR count). The summed E-state index contributed by atoms with van der Waals surface area (Å²) in [5, 5.41) is 0. The number of aromatic nitrogens is 2. The number of hydrogen-bond donors (Lipinski definition) is 0. The van der Waals surface area contributed by atoms with E-state index in [4.69, 9.17) is 4.74 Å². The molecule has 20 heavy (non-hydrogen) atoms. The molecule has 106 valence electrons. The van der Waals surface area contributed by atoms with Gasteiger partial charge in [-0.1, -0.05) is 6.92 Å². The number of likely N-dealkylation sites (tertiary alicyclic amines) is 1. The first-order valence-electron chi connectivity index (χ1n) is 6.93. The molecule has 4 nitrogen and oxygen atoms in total. The second-order valence-corrected chi connectivity index (χ2v) is 5.91. The Balaban J connectivity index is 1.57. The number of rotatable bonds is 5. The van der Waals surface area contributed by atoms with Crippen molar-refractivity contribution in [1.29, 1.82) is 0 Å². The van der Waals surface area contributed by atoms with E-state index in [-0.39, 0.29) is 0 Å². The van der Waals surface area contributed by atoms with Gasteiger partial charge in [0.25, 0.3) is 0 Å². The number of hydrogen-bond acceptors (Lipinski definition) is 3. The highest BCUT2D eigenvalue weighted by Crippen LogP contribution is 2.20. The van der Waals surface area contributed by atoms with Gasteiger partial charge < -0.3 is 9.30 Å². The van der Waals surface area contributed by atoms with Crippen LogP contribution >= 0.6 is 15.9 Å². The van der Waals surface area contributed by atoms with Crippen molar-refractivity contribution in [1.82, 2.24) is 14.5 Å².